The van der Waals surface area contributed by atoms with Gasteiger partial charge < -0.3 is 4.74 Å². The van der Waals surface area contributed by atoms with E-state index in [0.717, 1.165) is 28.6 Å². The number of fused-ring (bicyclic) bond motifs is 1. The Hall–Kier alpha value is -3.12. The summed E-state index contributed by atoms with van der Waals surface area (Å²) in [7, 11) is 0. The Kier molecular flexibility index (Phi) is 8.48. The number of rotatable bonds is 6. The van der Waals surface area contributed by atoms with Crippen LogP contribution in [0.5, 0.6) is 11.6 Å². The molecule has 198 valence electrons. The molecule has 0 radical (unpaired) electrons. The van der Waals surface area contributed by atoms with Gasteiger partial charge in [0.25, 0.3) is 0 Å². The van der Waals surface area contributed by atoms with E-state index in [-0.39, 0.29) is 5.78 Å². The lowest BCUT2D eigenvalue weighted by Crippen LogP contribution is -2.17. The van der Waals surface area contributed by atoms with Gasteiger partial charge in [0, 0.05) is 17.3 Å². The summed E-state index contributed by atoms with van der Waals surface area (Å²) in [6, 6.07) is 15.1. The monoisotopic (exact) mass is 527 g/mol. The summed E-state index contributed by atoms with van der Waals surface area (Å²) in [6.45, 7) is 4.79. The molecule has 0 saturated heterocycles. The van der Waals surface area contributed by atoms with Crippen molar-refractivity contribution < 1.29 is 9.53 Å². The fourth-order valence-electron chi connectivity index (χ4n) is 5.50. The SMILES string of the molecule is CCC1(C)CCCCCCCC(c2cncnc2Oc2ccc(C(=O)c3nc4ccccc4s3)cc2)CC1. The Morgan fingerprint density at radius 1 is 1.00 bits per heavy atom. The van der Waals surface area contributed by atoms with Gasteiger partial charge in [-0.05, 0) is 73.4 Å². The van der Waals surface area contributed by atoms with Crippen molar-refractivity contribution in [1.82, 2.24) is 15.0 Å². The predicted molar refractivity (Wildman–Crippen MR) is 154 cm³/mol. The Balaban J connectivity index is 1.32. The molecule has 2 aromatic heterocycles. The van der Waals surface area contributed by atoms with Crippen LogP contribution in [0.2, 0.25) is 0 Å². The minimum absolute atomic E-state index is 0.0723. The number of hydrogen-bond donors (Lipinski definition) is 0. The number of aromatic nitrogens is 3. The normalized spacial score (nSPS) is 21.1. The van der Waals surface area contributed by atoms with Crippen molar-refractivity contribution in [2.45, 2.75) is 84.0 Å². The molecule has 0 N–H and O–H groups in total. The van der Waals surface area contributed by atoms with Gasteiger partial charge in [-0.3, -0.25) is 4.79 Å². The largest absolute Gasteiger partial charge is 0.439 e. The maximum atomic E-state index is 13.0. The van der Waals surface area contributed by atoms with Crippen molar-refractivity contribution >= 4 is 27.3 Å². The number of hydrogen-bond acceptors (Lipinski definition) is 6. The molecule has 2 aromatic carbocycles. The van der Waals surface area contributed by atoms with Crippen LogP contribution in [0.1, 0.15) is 105 Å². The summed E-state index contributed by atoms with van der Waals surface area (Å²) in [5, 5.41) is 0.504. The predicted octanol–water partition coefficient (Wildman–Crippen LogP) is 9.13. The van der Waals surface area contributed by atoms with Crippen molar-refractivity contribution in [2.24, 2.45) is 5.41 Å². The summed E-state index contributed by atoms with van der Waals surface area (Å²) < 4.78 is 7.32. The fraction of sp³-hybridized carbons (Fsp3) is 0.438. The van der Waals surface area contributed by atoms with Crippen LogP contribution in [-0.2, 0) is 0 Å². The van der Waals surface area contributed by atoms with Gasteiger partial charge in [0.05, 0.1) is 10.2 Å². The van der Waals surface area contributed by atoms with Crippen LogP contribution in [-0.4, -0.2) is 20.7 Å². The molecule has 2 atom stereocenters. The van der Waals surface area contributed by atoms with E-state index >= 15 is 0 Å². The van der Waals surface area contributed by atoms with Gasteiger partial charge in [-0.2, -0.15) is 0 Å². The third-order valence-corrected chi connectivity index (χ3v) is 9.28. The van der Waals surface area contributed by atoms with Gasteiger partial charge in [0.1, 0.15) is 12.1 Å². The maximum absolute atomic E-state index is 13.0. The highest BCUT2D eigenvalue weighted by Gasteiger charge is 2.26. The second-order valence-electron chi connectivity index (χ2n) is 10.9. The molecule has 0 bridgehead atoms. The van der Waals surface area contributed by atoms with Crippen molar-refractivity contribution in [1.29, 1.82) is 0 Å². The van der Waals surface area contributed by atoms with E-state index in [9.17, 15) is 4.79 Å². The summed E-state index contributed by atoms with van der Waals surface area (Å²) in [4.78, 5) is 26.5. The number of thiazole rings is 1. The van der Waals surface area contributed by atoms with E-state index in [1.807, 2.05) is 54.7 Å². The van der Waals surface area contributed by atoms with Gasteiger partial charge in [0.15, 0.2) is 5.01 Å². The fourth-order valence-corrected chi connectivity index (χ4v) is 6.43. The highest BCUT2D eigenvalue weighted by molar-refractivity contribution is 7.20. The lowest BCUT2D eigenvalue weighted by atomic mass is 9.75. The number of carbonyl (C=O) groups is 1. The molecule has 4 aromatic rings. The minimum Gasteiger partial charge on any atom is -0.439 e. The van der Waals surface area contributed by atoms with Crippen LogP contribution in [0.4, 0.5) is 0 Å². The molecule has 1 fully saturated rings. The molecular formula is C32H37N3O2S. The first-order valence-corrected chi connectivity index (χ1v) is 14.8. The molecule has 0 amide bonds. The molecule has 6 heteroatoms. The Labute approximate surface area is 229 Å². The number of para-hydroxylation sites is 1. The lowest BCUT2D eigenvalue weighted by Gasteiger charge is -2.30. The number of carbonyl (C=O) groups excluding carboxylic acids is 1. The number of ether oxygens (including phenoxy) is 1. The van der Waals surface area contributed by atoms with E-state index in [2.05, 4.69) is 28.8 Å². The lowest BCUT2D eigenvalue weighted by molar-refractivity contribution is 0.103. The standard InChI is InChI=1S/C32H37N3O2S/c1-3-32(2)19-10-6-4-5-7-11-23(18-20-32)26-21-33-22-34-30(26)37-25-16-14-24(15-17-25)29(36)31-35-27-12-8-9-13-28(27)38-31/h8-9,12-17,21-23H,3-7,10-11,18-20H2,1-2H3. The molecule has 5 nitrogen and oxygen atoms in total. The van der Waals surface area contributed by atoms with Gasteiger partial charge in [-0.15, -0.1) is 11.3 Å². The molecule has 0 spiro atoms. The zero-order valence-electron chi connectivity index (χ0n) is 22.5. The highest BCUT2D eigenvalue weighted by Crippen LogP contribution is 2.41. The smallest absolute Gasteiger partial charge is 0.225 e. The Morgan fingerprint density at radius 2 is 1.79 bits per heavy atom. The second kappa shape index (κ2) is 12.2. The first-order valence-electron chi connectivity index (χ1n) is 14.0. The summed E-state index contributed by atoms with van der Waals surface area (Å²) in [5.41, 5.74) is 2.94. The average molecular weight is 528 g/mol. The van der Waals surface area contributed by atoms with Crippen molar-refractivity contribution in [3.63, 3.8) is 0 Å². The zero-order chi connectivity index (χ0) is 26.4. The topological polar surface area (TPSA) is 65.0 Å². The van der Waals surface area contributed by atoms with E-state index in [0.29, 0.717) is 33.5 Å². The molecule has 1 saturated carbocycles. The first kappa shape index (κ1) is 26.5. The van der Waals surface area contributed by atoms with Crippen LogP contribution < -0.4 is 4.74 Å². The average Bonchev–Trinajstić information content (AvgIpc) is 3.37. The van der Waals surface area contributed by atoms with Crippen molar-refractivity contribution in [2.75, 3.05) is 0 Å². The summed E-state index contributed by atoms with van der Waals surface area (Å²) in [5.74, 6) is 1.61. The molecular weight excluding hydrogens is 490 g/mol. The van der Waals surface area contributed by atoms with Crippen LogP contribution in [0.3, 0.4) is 0 Å². The molecule has 38 heavy (non-hydrogen) atoms. The Morgan fingerprint density at radius 3 is 2.61 bits per heavy atom. The second-order valence-corrected chi connectivity index (χ2v) is 12.0. The first-order chi connectivity index (χ1) is 18.5. The third kappa shape index (κ3) is 6.29. The maximum Gasteiger partial charge on any atom is 0.225 e. The molecule has 2 heterocycles. The van der Waals surface area contributed by atoms with Crippen molar-refractivity contribution in [3.05, 3.63) is 77.2 Å². The minimum atomic E-state index is -0.0723. The third-order valence-electron chi connectivity index (χ3n) is 8.24. The zero-order valence-corrected chi connectivity index (χ0v) is 23.3. The molecule has 1 aliphatic rings. The number of nitrogens with zero attached hydrogens (tertiary/aromatic N) is 3. The molecule has 0 aliphatic heterocycles. The van der Waals surface area contributed by atoms with E-state index < -0.39 is 0 Å². The van der Waals surface area contributed by atoms with Crippen LogP contribution in [0.15, 0.2) is 61.1 Å². The summed E-state index contributed by atoms with van der Waals surface area (Å²) in [6.07, 6.45) is 16.0. The molecule has 1 aliphatic carbocycles. The molecule has 2 unspecified atom stereocenters. The van der Waals surface area contributed by atoms with Gasteiger partial charge >= 0.3 is 0 Å². The van der Waals surface area contributed by atoms with E-state index in [1.165, 1.54) is 62.7 Å². The quantitative estimate of drug-likeness (QED) is 0.234. The summed E-state index contributed by atoms with van der Waals surface area (Å²) >= 11 is 1.42. The van der Waals surface area contributed by atoms with Crippen LogP contribution in [0, 0.1) is 5.41 Å². The Bertz CT molecular complexity index is 1330. The van der Waals surface area contributed by atoms with Crippen LogP contribution in [0.25, 0.3) is 10.2 Å². The van der Waals surface area contributed by atoms with Gasteiger partial charge in [0.2, 0.25) is 11.7 Å². The van der Waals surface area contributed by atoms with Gasteiger partial charge in [-0.25, -0.2) is 15.0 Å². The van der Waals surface area contributed by atoms with Gasteiger partial charge in [-0.1, -0.05) is 64.5 Å². The molecule has 5 rings (SSSR count). The van der Waals surface area contributed by atoms with E-state index in [4.69, 9.17) is 4.74 Å². The van der Waals surface area contributed by atoms with Crippen molar-refractivity contribution in [3.8, 4) is 11.6 Å². The van der Waals surface area contributed by atoms with Crippen LogP contribution >= 0.6 is 11.3 Å². The number of ketones is 1. The van der Waals surface area contributed by atoms with E-state index in [1.54, 1.807) is 6.33 Å². The highest BCUT2D eigenvalue weighted by atomic mass is 32.1. The number of benzene rings is 2.